The zero-order chi connectivity index (χ0) is 19.9. The first-order valence-electron chi connectivity index (χ1n) is 10.4. The molecule has 2 fully saturated rings. The molecule has 1 saturated heterocycles. The minimum Gasteiger partial charge on any atom is -0.373 e. The van der Waals surface area contributed by atoms with Gasteiger partial charge in [0.1, 0.15) is 0 Å². The number of rotatable bonds is 5. The van der Waals surface area contributed by atoms with Crippen LogP contribution in [0.5, 0.6) is 0 Å². The predicted molar refractivity (Wildman–Crippen MR) is 112 cm³/mol. The van der Waals surface area contributed by atoms with Gasteiger partial charge < -0.3 is 10.1 Å². The summed E-state index contributed by atoms with van der Waals surface area (Å²) < 4.78 is 5.86. The predicted octanol–water partition coefficient (Wildman–Crippen LogP) is 3.73. The highest BCUT2D eigenvalue weighted by atomic mass is 16.5. The summed E-state index contributed by atoms with van der Waals surface area (Å²) in [6, 6.07) is 9.94. The Morgan fingerprint density at radius 1 is 1.21 bits per heavy atom. The fourth-order valence-corrected chi connectivity index (χ4v) is 4.15. The highest BCUT2D eigenvalue weighted by molar-refractivity contribution is 6.06. The van der Waals surface area contributed by atoms with Crippen LogP contribution in [-0.2, 0) is 4.74 Å². The second kappa shape index (κ2) is 7.45. The SMILES string of the molecule is CC1CN(C(C)(C)CNC(=O)c2cc(C3CC3)nc3ccccc23)CC(C)O1. The number of morpholine rings is 1. The van der Waals surface area contributed by atoms with Gasteiger partial charge in [-0.25, -0.2) is 0 Å². The van der Waals surface area contributed by atoms with Crippen molar-refractivity contribution >= 4 is 16.8 Å². The first kappa shape index (κ1) is 19.3. The Morgan fingerprint density at radius 3 is 2.57 bits per heavy atom. The maximum Gasteiger partial charge on any atom is 0.252 e. The van der Waals surface area contributed by atoms with E-state index in [1.54, 1.807) is 0 Å². The van der Waals surface area contributed by atoms with Crippen molar-refractivity contribution in [2.45, 2.75) is 64.2 Å². The highest BCUT2D eigenvalue weighted by Gasteiger charge is 2.34. The zero-order valence-corrected chi connectivity index (χ0v) is 17.4. The Labute approximate surface area is 167 Å². The van der Waals surface area contributed by atoms with Crippen molar-refractivity contribution < 1.29 is 9.53 Å². The molecule has 28 heavy (non-hydrogen) atoms. The van der Waals surface area contributed by atoms with Gasteiger partial charge in [-0.15, -0.1) is 0 Å². The highest BCUT2D eigenvalue weighted by Crippen LogP contribution is 2.40. The van der Waals surface area contributed by atoms with Gasteiger partial charge in [0, 0.05) is 42.2 Å². The second-order valence-electron chi connectivity index (χ2n) is 9.04. The number of ether oxygens (including phenoxy) is 1. The second-order valence-corrected chi connectivity index (χ2v) is 9.04. The summed E-state index contributed by atoms with van der Waals surface area (Å²) in [4.78, 5) is 20.3. The summed E-state index contributed by atoms with van der Waals surface area (Å²) in [7, 11) is 0. The van der Waals surface area contributed by atoms with Gasteiger partial charge in [-0.05, 0) is 52.7 Å². The van der Waals surface area contributed by atoms with Crippen molar-refractivity contribution in [3.8, 4) is 0 Å². The molecule has 1 N–H and O–H groups in total. The molecule has 5 nitrogen and oxygen atoms in total. The van der Waals surface area contributed by atoms with Crippen molar-refractivity contribution in [3.05, 3.63) is 41.6 Å². The largest absolute Gasteiger partial charge is 0.373 e. The quantitative estimate of drug-likeness (QED) is 0.857. The smallest absolute Gasteiger partial charge is 0.252 e. The topological polar surface area (TPSA) is 54.5 Å². The fraction of sp³-hybridized carbons (Fsp3) is 0.565. The van der Waals surface area contributed by atoms with Gasteiger partial charge in [-0.1, -0.05) is 18.2 Å². The molecule has 0 bridgehead atoms. The van der Waals surface area contributed by atoms with Gasteiger partial charge in [-0.3, -0.25) is 14.7 Å². The number of nitrogens with zero attached hydrogens (tertiary/aromatic N) is 2. The van der Waals surface area contributed by atoms with Crippen molar-refractivity contribution in [2.24, 2.45) is 0 Å². The number of aromatic nitrogens is 1. The van der Waals surface area contributed by atoms with Crippen LogP contribution in [-0.4, -0.2) is 53.2 Å². The third-order valence-corrected chi connectivity index (χ3v) is 5.93. The Kier molecular flexibility index (Phi) is 5.15. The van der Waals surface area contributed by atoms with E-state index >= 15 is 0 Å². The molecule has 1 aliphatic carbocycles. The van der Waals surface area contributed by atoms with Crippen LogP contribution in [0.1, 0.15) is 62.5 Å². The number of nitrogens with one attached hydrogen (secondary N) is 1. The standard InChI is InChI=1S/C23H31N3O2/c1-15-12-26(13-16(2)28-15)23(3,4)14-24-22(27)19-11-21(17-9-10-17)25-20-8-6-5-7-18(19)20/h5-8,11,15-17H,9-10,12-14H2,1-4H3,(H,24,27). The number of fused-ring (bicyclic) bond motifs is 1. The number of carbonyl (C=O) groups excluding carboxylic acids is 1. The molecule has 2 aliphatic rings. The van der Waals surface area contributed by atoms with Crippen LogP contribution >= 0.6 is 0 Å². The molecule has 0 spiro atoms. The first-order valence-corrected chi connectivity index (χ1v) is 10.4. The van der Waals surface area contributed by atoms with Crippen molar-refractivity contribution in [3.63, 3.8) is 0 Å². The summed E-state index contributed by atoms with van der Waals surface area (Å²) in [5.41, 5.74) is 2.57. The normalized spacial score (nSPS) is 23.7. The van der Waals surface area contributed by atoms with Crippen LogP contribution in [0, 0.1) is 0 Å². The van der Waals surface area contributed by atoms with E-state index in [2.05, 4.69) is 37.9 Å². The molecule has 1 saturated carbocycles. The van der Waals surface area contributed by atoms with E-state index in [9.17, 15) is 4.79 Å². The maximum atomic E-state index is 13.1. The number of carbonyl (C=O) groups is 1. The molecule has 1 aromatic carbocycles. The van der Waals surface area contributed by atoms with Crippen LogP contribution in [0.15, 0.2) is 30.3 Å². The van der Waals surface area contributed by atoms with Crippen molar-refractivity contribution in [1.29, 1.82) is 0 Å². The van der Waals surface area contributed by atoms with E-state index in [4.69, 9.17) is 9.72 Å². The lowest BCUT2D eigenvalue weighted by molar-refractivity contribution is -0.0948. The number of hydrogen-bond acceptors (Lipinski definition) is 4. The van der Waals surface area contributed by atoms with Gasteiger partial charge in [0.05, 0.1) is 23.3 Å². The lowest BCUT2D eigenvalue weighted by Gasteiger charge is -2.45. The van der Waals surface area contributed by atoms with E-state index < -0.39 is 0 Å². The minimum atomic E-state index is -0.135. The summed E-state index contributed by atoms with van der Waals surface area (Å²) in [5.74, 6) is 0.506. The third-order valence-electron chi connectivity index (χ3n) is 5.93. The molecule has 2 unspecified atom stereocenters. The number of benzene rings is 1. The summed E-state index contributed by atoms with van der Waals surface area (Å²) in [6.45, 7) is 11.0. The fourth-order valence-electron chi connectivity index (χ4n) is 4.15. The Hall–Kier alpha value is -1.98. The molecule has 150 valence electrons. The maximum absolute atomic E-state index is 13.1. The van der Waals surface area contributed by atoms with E-state index in [1.165, 1.54) is 12.8 Å². The molecule has 0 radical (unpaired) electrons. The van der Waals surface area contributed by atoms with Crippen molar-refractivity contribution in [1.82, 2.24) is 15.2 Å². The summed E-state index contributed by atoms with van der Waals surface area (Å²) >= 11 is 0. The van der Waals surface area contributed by atoms with Gasteiger partial charge in [-0.2, -0.15) is 0 Å². The molecular formula is C23H31N3O2. The number of hydrogen-bond donors (Lipinski definition) is 1. The third kappa shape index (κ3) is 4.06. The Morgan fingerprint density at radius 2 is 1.89 bits per heavy atom. The van der Waals surface area contributed by atoms with E-state index in [1.807, 2.05) is 30.3 Å². The molecule has 2 atom stereocenters. The van der Waals surface area contributed by atoms with E-state index in [0.717, 1.165) is 35.2 Å². The van der Waals surface area contributed by atoms with E-state index in [-0.39, 0.29) is 23.7 Å². The molecular weight excluding hydrogens is 350 g/mol. The van der Waals surface area contributed by atoms with Gasteiger partial charge in [0.25, 0.3) is 5.91 Å². The van der Waals surface area contributed by atoms with Crippen LogP contribution in [0.2, 0.25) is 0 Å². The van der Waals surface area contributed by atoms with Crippen molar-refractivity contribution in [2.75, 3.05) is 19.6 Å². The minimum absolute atomic E-state index is 0.0112. The van der Waals surface area contributed by atoms with Gasteiger partial charge in [0.2, 0.25) is 0 Å². The average Bonchev–Trinajstić information content (AvgIpc) is 3.50. The lowest BCUT2D eigenvalue weighted by Crippen LogP contribution is -2.58. The molecule has 4 rings (SSSR count). The summed E-state index contributed by atoms with van der Waals surface area (Å²) in [5, 5.41) is 4.12. The monoisotopic (exact) mass is 381 g/mol. The van der Waals surface area contributed by atoms with E-state index in [0.29, 0.717) is 12.5 Å². The first-order chi connectivity index (χ1) is 13.3. The van der Waals surface area contributed by atoms with Crippen LogP contribution in [0.3, 0.4) is 0 Å². The molecule has 1 amide bonds. The van der Waals surface area contributed by atoms with Crippen LogP contribution in [0.4, 0.5) is 0 Å². The molecule has 1 aromatic heterocycles. The lowest BCUT2D eigenvalue weighted by atomic mass is 9.99. The van der Waals surface area contributed by atoms with Gasteiger partial charge >= 0.3 is 0 Å². The zero-order valence-electron chi connectivity index (χ0n) is 17.4. The summed E-state index contributed by atoms with van der Waals surface area (Å²) in [6.07, 6.45) is 2.77. The van der Waals surface area contributed by atoms with Crippen LogP contribution < -0.4 is 5.32 Å². The van der Waals surface area contributed by atoms with Gasteiger partial charge in [0.15, 0.2) is 0 Å². The Bertz CT molecular complexity index is 865. The molecule has 1 aliphatic heterocycles. The Balaban J connectivity index is 1.52. The molecule has 2 aromatic rings. The number of para-hydroxylation sites is 1. The van der Waals surface area contributed by atoms with Crippen LogP contribution in [0.25, 0.3) is 10.9 Å². The molecule has 5 heteroatoms. The number of amides is 1. The molecule has 2 heterocycles. The number of pyridine rings is 1. The average molecular weight is 382 g/mol.